The van der Waals surface area contributed by atoms with Crippen molar-refractivity contribution in [1.29, 1.82) is 0 Å². The Hall–Kier alpha value is -3.48. The Kier molecular flexibility index (Phi) is 4.19. The number of H-pyrrole nitrogens is 1. The van der Waals surface area contributed by atoms with Gasteiger partial charge >= 0.3 is 0 Å². The first-order valence-corrected chi connectivity index (χ1v) is 8.55. The van der Waals surface area contributed by atoms with Gasteiger partial charge in [0.25, 0.3) is 11.5 Å². The average molecular weight is 364 g/mol. The second-order valence-corrected chi connectivity index (χ2v) is 6.28. The van der Waals surface area contributed by atoms with E-state index in [9.17, 15) is 14.0 Å². The number of carbonyl (C=O) groups excluding carboxylic acids is 1. The van der Waals surface area contributed by atoms with Gasteiger partial charge in [0.15, 0.2) is 0 Å². The van der Waals surface area contributed by atoms with Gasteiger partial charge in [0, 0.05) is 35.8 Å². The van der Waals surface area contributed by atoms with Crippen molar-refractivity contribution < 1.29 is 9.18 Å². The van der Waals surface area contributed by atoms with E-state index in [-0.39, 0.29) is 29.9 Å². The number of aromatic nitrogens is 3. The molecule has 2 heterocycles. The van der Waals surface area contributed by atoms with Gasteiger partial charge in [-0.25, -0.2) is 9.37 Å². The SMILES string of the molecule is Cc1nc2ccc(F)cc2c(=O)n1CCNC(=O)c1cccc2[nH]ccc12. The van der Waals surface area contributed by atoms with Crippen LogP contribution in [-0.2, 0) is 6.54 Å². The highest BCUT2D eigenvalue weighted by Crippen LogP contribution is 2.17. The summed E-state index contributed by atoms with van der Waals surface area (Å²) in [7, 11) is 0. The smallest absolute Gasteiger partial charge is 0.261 e. The number of carbonyl (C=O) groups is 1. The number of hydrogen-bond acceptors (Lipinski definition) is 3. The topological polar surface area (TPSA) is 79.8 Å². The predicted octanol–water partition coefficient (Wildman–Crippen LogP) is 2.76. The summed E-state index contributed by atoms with van der Waals surface area (Å²) in [4.78, 5) is 32.5. The number of halogens is 1. The van der Waals surface area contributed by atoms with Crippen molar-refractivity contribution in [2.75, 3.05) is 6.54 Å². The number of aryl methyl sites for hydroxylation is 1. The number of rotatable bonds is 4. The normalized spacial score (nSPS) is 11.2. The second kappa shape index (κ2) is 6.68. The van der Waals surface area contributed by atoms with E-state index in [1.54, 1.807) is 19.2 Å². The number of nitrogens with zero attached hydrogens (tertiary/aromatic N) is 2. The third kappa shape index (κ3) is 3.08. The Bertz CT molecular complexity index is 1230. The summed E-state index contributed by atoms with van der Waals surface area (Å²) in [6.45, 7) is 2.22. The van der Waals surface area contributed by atoms with E-state index in [2.05, 4.69) is 15.3 Å². The molecule has 0 unspecified atom stereocenters. The Morgan fingerprint density at radius 3 is 2.93 bits per heavy atom. The molecule has 4 rings (SSSR count). The third-order valence-corrected chi connectivity index (χ3v) is 4.57. The van der Waals surface area contributed by atoms with E-state index in [0.29, 0.717) is 16.9 Å². The molecule has 0 aliphatic heterocycles. The van der Waals surface area contributed by atoms with Gasteiger partial charge in [-0.2, -0.15) is 0 Å². The molecule has 0 atom stereocenters. The molecular formula is C20H17FN4O2. The van der Waals surface area contributed by atoms with Gasteiger partial charge in [0.2, 0.25) is 0 Å². The highest BCUT2D eigenvalue weighted by molar-refractivity contribution is 6.06. The molecule has 27 heavy (non-hydrogen) atoms. The van der Waals surface area contributed by atoms with Crippen LogP contribution in [0, 0.1) is 12.7 Å². The summed E-state index contributed by atoms with van der Waals surface area (Å²) in [6.07, 6.45) is 1.78. The molecule has 136 valence electrons. The zero-order valence-corrected chi connectivity index (χ0v) is 14.6. The zero-order chi connectivity index (χ0) is 19.0. The first-order valence-electron chi connectivity index (χ1n) is 8.55. The van der Waals surface area contributed by atoms with E-state index in [1.807, 2.05) is 18.2 Å². The van der Waals surface area contributed by atoms with Gasteiger partial charge in [0.05, 0.1) is 10.9 Å². The minimum absolute atomic E-state index is 0.217. The number of benzene rings is 2. The summed E-state index contributed by atoms with van der Waals surface area (Å²) < 4.78 is 14.9. The molecule has 0 radical (unpaired) electrons. The fourth-order valence-corrected chi connectivity index (χ4v) is 3.23. The quantitative estimate of drug-likeness (QED) is 0.584. The number of hydrogen-bond donors (Lipinski definition) is 2. The van der Waals surface area contributed by atoms with E-state index in [1.165, 1.54) is 22.8 Å². The Morgan fingerprint density at radius 1 is 1.22 bits per heavy atom. The maximum atomic E-state index is 13.5. The van der Waals surface area contributed by atoms with E-state index < -0.39 is 5.82 Å². The minimum Gasteiger partial charge on any atom is -0.361 e. The maximum Gasteiger partial charge on any atom is 0.261 e. The molecule has 0 saturated carbocycles. The van der Waals surface area contributed by atoms with Gasteiger partial charge in [-0.3, -0.25) is 14.2 Å². The van der Waals surface area contributed by atoms with Crippen LogP contribution >= 0.6 is 0 Å². The lowest BCUT2D eigenvalue weighted by Crippen LogP contribution is -2.32. The predicted molar refractivity (Wildman–Crippen MR) is 101 cm³/mol. The summed E-state index contributed by atoms with van der Waals surface area (Å²) in [5, 5.41) is 3.89. The van der Waals surface area contributed by atoms with Crippen molar-refractivity contribution in [2.45, 2.75) is 13.5 Å². The molecule has 1 amide bonds. The molecule has 0 fully saturated rings. The van der Waals surface area contributed by atoms with Crippen molar-refractivity contribution in [1.82, 2.24) is 19.9 Å². The lowest BCUT2D eigenvalue weighted by Gasteiger charge is -2.12. The van der Waals surface area contributed by atoms with Crippen molar-refractivity contribution in [3.8, 4) is 0 Å². The number of nitrogens with one attached hydrogen (secondary N) is 2. The fraction of sp³-hybridized carbons (Fsp3) is 0.150. The van der Waals surface area contributed by atoms with E-state index in [4.69, 9.17) is 0 Å². The molecule has 2 aromatic heterocycles. The van der Waals surface area contributed by atoms with Crippen molar-refractivity contribution in [2.24, 2.45) is 0 Å². The molecule has 2 N–H and O–H groups in total. The van der Waals surface area contributed by atoms with Crippen LogP contribution in [0.3, 0.4) is 0 Å². The molecule has 0 saturated heterocycles. The molecule has 0 aliphatic carbocycles. The van der Waals surface area contributed by atoms with Gasteiger partial charge in [-0.05, 0) is 43.3 Å². The standard InChI is InChI=1S/C20H17FN4O2/c1-12-24-18-6-5-13(21)11-16(18)20(27)25(12)10-9-23-19(26)15-3-2-4-17-14(15)7-8-22-17/h2-8,11,22H,9-10H2,1H3,(H,23,26). The van der Waals surface area contributed by atoms with Crippen LogP contribution < -0.4 is 10.9 Å². The van der Waals surface area contributed by atoms with Crippen LogP contribution in [0.15, 0.2) is 53.5 Å². The Balaban J connectivity index is 1.55. The molecule has 6 nitrogen and oxygen atoms in total. The van der Waals surface area contributed by atoms with Crippen LogP contribution in [0.4, 0.5) is 4.39 Å². The molecule has 7 heteroatoms. The highest BCUT2D eigenvalue weighted by atomic mass is 19.1. The monoisotopic (exact) mass is 364 g/mol. The Morgan fingerprint density at radius 2 is 2.07 bits per heavy atom. The lowest BCUT2D eigenvalue weighted by molar-refractivity contribution is 0.0953. The summed E-state index contributed by atoms with van der Waals surface area (Å²) >= 11 is 0. The maximum absolute atomic E-state index is 13.5. The van der Waals surface area contributed by atoms with E-state index in [0.717, 1.165) is 10.9 Å². The number of fused-ring (bicyclic) bond motifs is 2. The number of amides is 1. The Labute approximate surface area is 153 Å². The molecule has 0 aliphatic rings. The number of aromatic amines is 1. The first-order chi connectivity index (χ1) is 13.0. The van der Waals surface area contributed by atoms with Gasteiger partial charge in [-0.1, -0.05) is 6.07 Å². The van der Waals surface area contributed by atoms with Crippen LogP contribution in [-0.4, -0.2) is 27.0 Å². The van der Waals surface area contributed by atoms with Gasteiger partial charge in [-0.15, -0.1) is 0 Å². The second-order valence-electron chi connectivity index (χ2n) is 6.28. The molecule has 4 aromatic rings. The molecule has 0 spiro atoms. The molecule has 2 aromatic carbocycles. The van der Waals surface area contributed by atoms with Crippen LogP contribution in [0.25, 0.3) is 21.8 Å². The summed E-state index contributed by atoms with van der Waals surface area (Å²) in [5.74, 6) is -0.184. The van der Waals surface area contributed by atoms with Crippen LogP contribution in [0.1, 0.15) is 16.2 Å². The average Bonchev–Trinajstić information content (AvgIpc) is 3.13. The fourth-order valence-electron chi connectivity index (χ4n) is 3.23. The zero-order valence-electron chi connectivity index (χ0n) is 14.6. The lowest BCUT2D eigenvalue weighted by atomic mass is 10.1. The minimum atomic E-state index is -0.482. The molecule has 0 bridgehead atoms. The van der Waals surface area contributed by atoms with Gasteiger partial charge < -0.3 is 10.3 Å². The summed E-state index contributed by atoms with van der Waals surface area (Å²) in [6, 6.07) is 11.3. The highest BCUT2D eigenvalue weighted by Gasteiger charge is 2.12. The first kappa shape index (κ1) is 17.0. The molecular weight excluding hydrogens is 347 g/mol. The van der Waals surface area contributed by atoms with Crippen LogP contribution in [0.2, 0.25) is 0 Å². The van der Waals surface area contributed by atoms with Gasteiger partial charge in [0.1, 0.15) is 11.6 Å². The van der Waals surface area contributed by atoms with E-state index >= 15 is 0 Å². The van der Waals surface area contributed by atoms with Crippen molar-refractivity contribution >= 4 is 27.7 Å². The largest absolute Gasteiger partial charge is 0.361 e. The third-order valence-electron chi connectivity index (χ3n) is 4.57. The summed E-state index contributed by atoms with van der Waals surface area (Å²) in [5.41, 5.74) is 1.59. The van der Waals surface area contributed by atoms with Crippen LogP contribution in [0.5, 0.6) is 0 Å². The van der Waals surface area contributed by atoms with Crippen molar-refractivity contribution in [3.05, 3.63) is 76.2 Å². The van der Waals surface area contributed by atoms with Crippen molar-refractivity contribution in [3.63, 3.8) is 0 Å².